The van der Waals surface area contributed by atoms with Crippen LogP contribution in [0.25, 0.3) is 5.69 Å². The zero-order valence-corrected chi connectivity index (χ0v) is 20.7. The van der Waals surface area contributed by atoms with Crippen molar-refractivity contribution in [3.8, 4) is 11.4 Å². The summed E-state index contributed by atoms with van der Waals surface area (Å²) in [5, 5.41) is 4.21. The summed E-state index contributed by atoms with van der Waals surface area (Å²) in [5.41, 5.74) is 6.32. The van der Waals surface area contributed by atoms with Crippen LogP contribution < -0.4 is 10.1 Å². The van der Waals surface area contributed by atoms with Gasteiger partial charge in [0.1, 0.15) is 11.6 Å². The average Bonchev–Trinajstić information content (AvgIpc) is 3.35. The van der Waals surface area contributed by atoms with Crippen molar-refractivity contribution in [1.29, 1.82) is 0 Å². The Bertz CT molecular complexity index is 1340. The molecule has 0 bridgehead atoms. The first kappa shape index (κ1) is 23.1. The van der Waals surface area contributed by atoms with E-state index in [9.17, 15) is 4.39 Å². The fourth-order valence-electron chi connectivity index (χ4n) is 4.92. The van der Waals surface area contributed by atoms with E-state index in [2.05, 4.69) is 51.8 Å². The first-order valence-electron chi connectivity index (χ1n) is 11.5. The Balaban J connectivity index is 1.59. The Morgan fingerprint density at radius 2 is 1.77 bits per heavy atom. The maximum Gasteiger partial charge on any atom is 0.170 e. The predicted molar refractivity (Wildman–Crippen MR) is 139 cm³/mol. The molecule has 1 fully saturated rings. The van der Waals surface area contributed by atoms with Crippen LogP contribution in [0.5, 0.6) is 5.75 Å². The van der Waals surface area contributed by atoms with Crippen molar-refractivity contribution in [2.75, 3.05) is 7.11 Å². The van der Waals surface area contributed by atoms with Gasteiger partial charge in [-0.1, -0.05) is 18.2 Å². The standard InChI is InChI=1S/C28H27FN4OS/c1-18-16-24(19(2)33(18)22-11-9-21(29)10-12-22)27-26(25-6-4-5-15-30-25)31-28(35)32(27)17-20-7-13-23(34-3)14-8-20/h4-16,26-27H,17H2,1-3H3,(H,31,35)/t26-,27+/m1/s1. The number of nitrogens with one attached hydrogen (secondary N) is 1. The summed E-state index contributed by atoms with van der Waals surface area (Å²) in [5.74, 6) is 0.573. The van der Waals surface area contributed by atoms with E-state index in [0.29, 0.717) is 11.7 Å². The molecule has 7 heteroatoms. The van der Waals surface area contributed by atoms with Crippen LogP contribution in [0.1, 0.15) is 40.3 Å². The zero-order chi connectivity index (χ0) is 24.5. The highest BCUT2D eigenvalue weighted by atomic mass is 32.1. The molecule has 5 nitrogen and oxygen atoms in total. The number of hydrogen-bond acceptors (Lipinski definition) is 3. The molecule has 0 radical (unpaired) electrons. The van der Waals surface area contributed by atoms with Crippen LogP contribution >= 0.6 is 12.2 Å². The van der Waals surface area contributed by atoms with Gasteiger partial charge in [-0.3, -0.25) is 4.98 Å². The maximum absolute atomic E-state index is 13.6. The Labute approximate surface area is 210 Å². The van der Waals surface area contributed by atoms with Crippen LogP contribution in [0.15, 0.2) is 79.0 Å². The van der Waals surface area contributed by atoms with E-state index < -0.39 is 0 Å². The van der Waals surface area contributed by atoms with Crippen molar-refractivity contribution in [3.05, 3.63) is 113 Å². The number of methoxy groups -OCH3 is 1. The first-order valence-corrected chi connectivity index (χ1v) is 11.9. The quantitative estimate of drug-likeness (QED) is 0.349. The lowest BCUT2D eigenvalue weighted by Gasteiger charge is -2.28. The van der Waals surface area contributed by atoms with Gasteiger partial charge in [-0.05, 0) is 91.8 Å². The molecule has 35 heavy (non-hydrogen) atoms. The molecule has 0 unspecified atom stereocenters. The molecule has 1 aliphatic heterocycles. The monoisotopic (exact) mass is 486 g/mol. The summed E-state index contributed by atoms with van der Waals surface area (Å²) in [6.07, 6.45) is 1.81. The highest BCUT2D eigenvalue weighted by Crippen LogP contribution is 2.42. The van der Waals surface area contributed by atoms with Crippen LogP contribution in [0.3, 0.4) is 0 Å². The van der Waals surface area contributed by atoms with Crippen LogP contribution in [-0.2, 0) is 6.54 Å². The van der Waals surface area contributed by atoms with Gasteiger partial charge < -0.3 is 19.5 Å². The predicted octanol–water partition coefficient (Wildman–Crippen LogP) is 5.81. The van der Waals surface area contributed by atoms with Gasteiger partial charge in [0.25, 0.3) is 0 Å². The number of rotatable bonds is 6. The third kappa shape index (κ3) is 4.39. The van der Waals surface area contributed by atoms with Gasteiger partial charge in [-0.15, -0.1) is 0 Å². The molecule has 2 aromatic heterocycles. The largest absolute Gasteiger partial charge is 0.497 e. The number of aromatic nitrogens is 2. The summed E-state index contributed by atoms with van der Waals surface area (Å²) in [6.45, 7) is 4.82. The number of aryl methyl sites for hydroxylation is 1. The zero-order valence-electron chi connectivity index (χ0n) is 19.9. The van der Waals surface area contributed by atoms with E-state index >= 15 is 0 Å². The van der Waals surface area contributed by atoms with Crippen molar-refractivity contribution in [2.24, 2.45) is 0 Å². The number of ether oxygens (including phenoxy) is 1. The van der Waals surface area contributed by atoms with Crippen LogP contribution in [-0.4, -0.2) is 26.7 Å². The van der Waals surface area contributed by atoms with E-state index in [1.165, 1.54) is 12.1 Å². The minimum atomic E-state index is -0.248. The summed E-state index contributed by atoms with van der Waals surface area (Å²) in [4.78, 5) is 6.88. The van der Waals surface area contributed by atoms with Crippen molar-refractivity contribution >= 4 is 17.3 Å². The van der Waals surface area contributed by atoms with Gasteiger partial charge in [-0.25, -0.2) is 4.39 Å². The highest BCUT2D eigenvalue weighted by molar-refractivity contribution is 7.80. The topological polar surface area (TPSA) is 42.3 Å². The second kappa shape index (κ2) is 9.50. The van der Waals surface area contributed by atoms with E-state index in [1.54, 1.807) is 7.11 Å². The van der Waals surface area contributed by atoms with E-state index in [1.807, 2.05) is 48.7 Å². The molecular weight excluding hydrogens is 459 g/mol. The lowest BCUT2D eigenvalue weighted by atomic mass is 9.96. The molecule has 1 saturated heterocycles. The summed E-state index contributed by atoms with van der Waals surface area (Å²) in [6, 6.07) is 22.6. The number of thiocarbonyl (C=S) groups is 1. The van der Waals surface area contributed by atoms with Crippen LogP contribution in [0.4, 0.5) is 4.39 Å². The van der Waals surface area contributed by atoms with Crippen LogP contribution in [0, 0.1) is 19.7 Å². The number of nitrogens with zero attached hydrogens (tertiary/aromatic N) is 3. The molecule has 2 aromatic carbocycles. The summed E-state index contributed by atoms with van der Waals surface area (Å²) >= 11 is 5.85. The Kier molecular flexibility index (Phi) is 6.26. The molecule has 2 atom stereocenters. The molecular formula is C28H27FN4OS. The molecule has 4 aromatic rings. The highest BCUT2D eigenvalue weighted by Gasteiger charge is 2.41. The van der Waals surface area contributed by atoms with Gasteiger partial charge in [0.2, 0.25) is 0 Å². The minimum absolute atomic E-state index is 0.0695. The van der Waals surface area contributed by atoms with Gasteiger partial charge >= 0.3 is 0 Å². The smallest absolute Gasteiger partial charge is 0.170 e. The Morgan fingerprint density at radius 3 is 2.43 bits per heavy atom. The van der Waals surface area contributed by atoms with E-state index in [4.69, 9.17) is 17.0 Å². The first-order chi connectivity index (χ1) is 17.0. The fourth-order valence-corrected chi connectivity index (χ4v) is 5.22. The molecule has 1 aliphatic rings. The van der Waals surface area contributed by atoms with Gasteiger partial charge in [0.05, 0.1) is 24.9 Å². The molecule has 0 spiro atoms. The molecule has 3 heterocycles. The lowest BCUT2D eigenvalue weighted by Crippen LogP contribution is -2.29. The number of hydrogen-bond donors (Lipinski definition) is 1. The maximum atomic E-state index is 13.6. The second-order valence-electron chi connectivity index (χ2n) is 8.74. The van der Waals surface area contributed by atoms with Gasteiger partial charge in [0, 0.05) is 29.8 Å². The Morgan fingerprint density at radius 1 is 1.03 bits per heavy atom. The third-order valence-corrected chi connectivity index (χ3v) is 6.94. The SMILES string of the molecule is COc1ccc(CN2C(=S)N[C@H](c3ccccn3)[C@@H]2c2cc(C)n(-c3ccc(F)cc3)c2C)cc1. The minimum Gasteiger partial charge on any atom is -0.497 e. The van der Waals surface area contributed by atoms with Crippen molar-refractivity contribution < 1.29 is 9.13 Å². The Hall–Kier alpha value is -3.71. The molecule has 178 valence electrons. The normalized spacial score (nSPS) is 17.5. The molecule has 5 rings (SSSR count). The average molecular weight is 487 g/mol. The van der Waals surface area contributed by atoms with Crippen LogP contribution in [0.2, 0.25) is 0 Å². The number of pyridine rings is 1. The van der Waals surface area contributed by atoms with Crippen molar-refractivity contribution in [2.45, 2.75) is 32.5 Å². The number of halogens is 1. The molecule has 0 amide bonds. The van der Waals surface area contributed by atoms with E-state index in [-0.39, 0.29) is 17.9 Å². The third-order valence-electron chi connectivity index (χ3n) is 6.58. The lowest BCUT2D eigenvalue weighted by molar-refractivity contribution is 0.310. The van der Waals surface area contributed by atoms with E-state index in [0.717, 1.165) is 39.6 Å². The summed E-state index contributed by atoms with van der Waals surface area (Å²) in [7, 11) is 1.67. The summed E-state index contributed by atoms with van der Waals surface area (Å²) < 4.78 is 21.1. The van der Waals surface area contributed by atoms with Gasteiger partial charge in [0.15, 0.2) is 5.11 Å². The van der Waals surface area contributed by atoms with Crippen molar-refractivity contribution in [3.63, 3.8) is 0 Å². The molecule has 0 aliphatic carbocycles. The van der Waals surface area contributed by atoms with Gasteiger partial charge in [-0.2, -0.15) is 0 Å². The second-order valence-corrected chi connectivity index (χ2v) is 9.13. The number of benzene rings is 2. The fraction of sp³-hybridized carbons (Fsp3) is 0.214. The van der Waals surface area contributed by atoms with Crippen molar-refractivity contribution in [1.82, 2.24) is 19.8 Å². The molecule has 1 N–H and O–H groups in total. The molecule has 0 saturated carbocycles.